The van der Waals surface area contributed by atoms with Crippen LogP contribution in [0.4, 0.5) is 0 Å². The fraction of sp³-hybridized carbons (Fsp3) is 0.429. The highest BCUT2D eigenvalue weighted by molar-refractivity contribution is 9.10. The van der Waals surface area contributed by atoms with Gasteiger partial charge in [0.1, 0.15) is 11.8 Å². The quantitative estimate of drug-likeness (QED) is 0.857. The lowest BCUT2D eigenvalue weighted by atomic mass is 10.1. The first-order valence-corrected chi connectivity index (χ1v) is 8.40. The van der Waals surface area contributed by atoms with Crippen molar-refractivity contribution >= 4 is 39.6 Å². The number of halogens is 1. The molecule has 0 radical (unpaired) electrons. The van der Waals surface area contributed by atoms with Crippen LogP contribution in [0.2, 0.25) is 0 Å². The van der Waals surface area contributed by atoms with Crippen LogP contribution in [0, 0.1) is 0 Å². The van der Waals surface area contributed by atoms with E-state index in [9.17, 15) is 9.59 Å². The third-order valence-corrected chi connectivity index (χ3v) is 4.96. The van der Waals surface area contributed by atoms with Gasteiger partial charge in [0, 0.05) is 12.2 Å². The van der Waals surface area contributed by atoms with Crippen LogP contribution in [-0.4, -0.2) is 46.7 Å². The summed E-state index contributed by atoms with van der Waals surface area (Å²) in [6, 6.07) is 4.98. The highest BCUT2D eigenvalue weighted by atomic mass is 79.9. The van der Waals surface area contributed by atoms with E-state index < -0.39 is 12.0 Å². The number of amides is 1. The molecule has 0 bridgehead atoms. The number of hydrogen-bond acceptors (Lipinski definition) is 4. The summed E-state index contributed by atoms with van der Waals surface area (Å²) in [7, 11) is 1.60. The van der Waals surface area contributed by atoms with Crippen molar-refractivity contribution in [3.63, 3.8) is 0 Å². The van der Waals surface area contributed by atoms with Crippen molar-refractivity contribution in [1.82, 2.24) is 4.90 Å². The number of rotatable bonds is 5. The summed E-state index contributed by atoms with van der Waals surface area (Å²) in [5, 5.41) is 9.08. The molecule has 1 amide bonds. The molecule has 1 aromatic carbocycles. The number of aliphatic carboxylic acids is 1. The van der Waals surface area contributed by atoms with Gasteiger partial charge in [0.2, 0.25) is 5.91 Å². The molecule has 0 unspecified atom stereocenters. The number of carboxylic acids is 1. The van der Waals surface area contributed by atoms with E-state index in [1.807, 2.05) is 18.2 Å². The largest absolute Gasteiger partial charge is 0.496 e. The Morgan fingerprint density at radius 3 is 2.90 bits per heavy atom. The van der Waals surface area contributed by atoms with Crippen LogP contribution in [0.25, 0.3) is 0 Å². The van der Waals surface area contributed by atoms with E-state index in [2.05, 4.69) is 15.9 Å². The maximum absolute atomic E-state index is 12.2. The third-order valence-electron chi connectivity index (χ3n) is 3.33. The van der Waals surface area contributed by atoms with Crippen molar-refractivity contribution in [2.24, 2.45) is 0 Å². The predicted molar refractivity (Wildman–Crippen MR) is 84.6 cm³/mol. The standard InChI is InChI=1S/C14H16BrNO4S/c1-20-12-4-2-9(6-10(12)15)3-5-13(17)16-8-21-7-11(16)14(18)19/h2,4,6,11H,3,5,7-8H2,1H3,(H,18,19)/t11-/m0/s1. The van der Waals surface area contributed by atoms with Crippen molar-refractivity contribution in [2.75, 3.05) is 18.7 Å². The Hall–Kier alpha value is -1.21. The number of aryl methyl sites for hydroxylation is 1. The highest BCUT2D eigenvalue weighted by Crippen LogP contribution is 2.27. The van der Waals surface area contributed by atoms with Crippen molar-refractivity contribution < 1.29 is 19.4 Å². The molecule has 0 spiro atoms. The van der Waals surface area contributed by atoms with Gasteiger partial charge in [-0.25, -0.2) is 4.79 Å². The number of benzene rings is 1. The van der Waals surface area contributed by atoms with Gasteiger partial charge in [-0.2, -0.15) is 0 Å². The van der Waals surface area contributed by atoms with E-state index >= 15 is 0 Å². The number of nitrogens with zero attached hydrogens (tertiary/aromatic N) is 1. The van der Waals surface area contributed by atoms with E-state index in [1.165, 1.54) is 16.7 Å². The number of methoxy groups -OCH3 is 1. The minimum atomic E-state index is -0.930. The molecule has 2 rings (SSSR count). The summed E-state index contributed by atoms with van der Waals surface area (Å²) in [4.78, 5) is 24.7. The van der Waals surface area contributed by atoms with Crippen molar-refractivity contribution in [3.05, 3.63) is 28.2 Å². The van der Waals surface area contributed by atoms with Gasteiger partial charge in [-0.05, 0) is 40.0 Å². The maximum atomic E-state index is 12.2. The molecular formula is C14H16BrNO4S. The lowest BCUT2D eigenvalue weighted by Gasteiger charge is -2.20. The molecule has 0 saturated carbocycles. The molecule has 5 nitrogen and oxygen atoms in total. The van der Waals surface area contributed by atoms with Gasteiger partial charge in [-0.15, -0.1) is 11.8 Å². The van der Waals surface area contributed by atoms with Gasteiger partial charge in [0.15, 0.2) is 0 Å². The molecule has 1 aliphatic heterocycles. The lowest BCUT2D eigenvalue weighted by molar-refractivity contribution is -0.147. The van der Waals surface area contributed by atoms with Crippen molar-refractivity contribution in [3.8, 4) is 5.75 Å². The lowest BCUT2D eigenvalue weighted by Crippen LogP contribution is -2.41. The van der Waals surface area contributed by atoms with Crippen molar-refractivity contribution in [1.29, 1.82) is 0 Å². The average molecular weight is 374 g/mol. The smallest absolute Gasteiger partial charge is 0.327 e. The Labute approximate surface area is 135 Å². The molecule has 21 heavy (non-hydrogen) atoms. The summed E-state index contributed by atoms with van der Waals surface area (Å²) in [6.45, 7) is 0. The second kappa shape index (κ2) is 7.17. The second-order valence-electron chi connectivity index (χ2n) is 4.69. The minimum Gasteiger partial charge on any atom is -0.496 e. The Balaban J connectivity index is 1.95. The first-order chi connectivity index (χ1) is 10.0. The third kappa shape index (κ3) is 3.91. The number of carbonyl (C=O) groups excluding carboxylic acids is 1. The molecule has 0 aromatic heterocycles. The number of carbonyl (C=O) groups is 2. The SMILES string of the molecule is COc1ccc(CCC(=O)N2CSC[C@H]2C(=O)O)cc1Br. The van der Waals surface area contributed by atoms with Gasteiger partial charge in [-0.1, -0.05) is 6.07 Å². The molecule has 1 atom stereocenters. The Morgan fingerprint density at radius 2 is 2.29 bits per heavy atom. The maximum Gasteiger partial charge on any atom is 0.327 e. The zero-order chi connectivity index (χ0) is 15.4. The van der Waals surface area contributed by atoms with E-state index in [0.717, 1.165) is 15.8 Å². The minimum absolute atomic E-state index is 0.112. The summed E-state index contributed by atoms with van der Waals surface area (Å²) >= 11 is 4.88. The normalized spacial score (nSPS) is 17.8. The van der Waals surface area contributed by atoms with Crippen LogP contribution in [0.5, 0.6) is 5.75 Å². The van der Waals surface area contributed by atoms with Gasteiger partial charge in [0.05, 0.1) is 17.5 Å². The topological polar surface area (TPSA) is 66.8 Å². The summed E-state index contributed by atoms with van der Waals surface area (Å²) in [5.41, 5.74) is 1.01. The molecule has 1 saturated heterocycles. The van der Waals surface area contributed by atoms with E-state index in [1.54, 1.807) is 7.11 Å². The summed E-state index contributed by atoms with van der Waals surface area (Å²) in [6.07, 6.45) is 0.887. The first kappa shape index (κ1) is 16.2. The number of carboxylic acid groups (broad SMARTS) is 1. The first-order valence-electron chi connectivity index (χ1n) is 6.45. The molecular weight excluding hydrogens is 358 g/mol. The zero-order valence-electron chi connectivity index (χ0n) is 11.5. The van der Waals surface area contributed by atoms with Crippen LogP contribution in [0.1, 0.15) is 12.0 Å². The van der Waals surface area contributed by atoms with E-state index in [0.29, 0.717) is 24.5 Å². The predicted octanol–water partition coefficient (Wildman–Crippen LogP) is 2.38. The number of hydrogen-bond donors (Lipinski definition) is 1. The molecule has 0 aliphatic carbocycles. The fourth-order valence-electron chi connectivity index (χ4n) is 2.15. The summed E-state index contributed by atoms with van der Waals surface area (Å²) in [5.74, 6) is 0.629. The van der Waals surface area contributed by atoms with Gasteiger partial charge < -0.3 is 14.7 Å². The summed E-state index contributed by atoms with van der Waals surface area (Å²) < 4.78 is 6.00. The molecule has 7 heteroatoms. The van der Waals surface area contributed by atoms with Crippen LogP contribution in [0.3, 0.4) is 0 Å². The molecule has 1 heterocycles. The van der Waals surface area contributed by atoms with Gasteiger partial charge >= 0.3 is 5.97 Å². The molecule has 1 aliphatic rings. The Morgan fingerprint density at radius 1 is 1.52 bits per heavy atom. The van der Waals surface area contributed by atoms with E-state index in [-0.39, 0.29) is 5.91 Å². The van der Waals surface area contributed by atoms with Crippen LogP contribution >= 0.6 is 27.7 Å². The Kier molecular flexibility index (Phi) is 5.52. The molecule has 1 N–H and O–H groups in total. The molecule has 114 valence electrons. The monoisotopic (exact) mass is 373 g/mol. The van der Waals surface area contributed by atoms with Gasteiger partial charge in [-0.3, -0.25) is 4.79 Å². The zero-order valence-corrected chi connectivity index (χ0v) is 13.9. The van der Waals surface area contributed by atoms with Crippen LogP contribution in [-0.2, 0) is 16.0 Å². The number of ether oxygens (including phenoxy) is 1. The molecule has 1 fully saturated rings. The van der Waals surface area contributed by atoms with Gasteiger partial charge in [0.25, 0.3) is 0 Å². The Bertz CT molecular complexity index is 552. The van der Waals surface area contributed by atoms with E-state index in [4.69, 9.17) is 9.84 Å². The van der Waals surface area contributed by atoms with Crippen LogP contribution in [0.15, 0.2) is 22.7 Å². The second-order valence-corrected chi connectivity index (χ2v) is 6.54. The van der Waals surface area contributed by atoms with Crippen LogP contribution < -0.4 is 4.74 Å². The number of thioether (sulfide) groups is 1. The van der Waals surface area contributed by atoms with Crippen molar-refractivity contribution in [2.45, 2.75) is 18.9 Å². The average Bonchev–Trinajstić information content (AvgIpc) is 2.94. The molecule has 1 aromatic rings. The fourth-order valence-corrected chi connectivity index (χ4v) is 3.91. The highest BCUT2D eigenvalue weighted by Gasteiger charge is 2.34.